The molecule has 0 fully saturated rings. The SMILES string of the molecule is Cc1cc(C(=O)O)nn1Cc1ccccc1CCc1ccc(F)cc1. The van der Waals surface area contributed by atoms with Gasteiger partial charge < -0.3 is 5.11 Å². The normalized spacial score (nSPS) is 10.8. The van der Waals surface area contributed by atoms with E-state index in [1.54, 1.807) is 22.9 Å². The van der Waals surface area contributed by atoms with Gasteiger partial charge in [0.25, 0.3) is 0 Å². The number of aromatic nitrogens is 2. The summed E-state index contributed by atoms with van der Waals surface area (Å²) in [6, 6.07) is 16.2. The number of nitrogens with zero attached hydrogens (tertiary/aromatic N) is 2. The predicted octanol–water partition coefficient (Wildman–Crippen LogP) is 3.86. The molecule has 0 atom stereocenters. The van der Waals surface area contributed by atoms with Crippen LogP contribution in [0.15, 0.2) is 54.6 Å². The van der Waals surface area contributed by atoms with E-state index < -0.39 is 5.97 Å². The van der Waals surface area contributed by atoms with Crippen LogP contribution in [0.1, 0.15) is 32.9 Å². The minimum atomic E-state index is -1.02. The zero-order chi connectivity index (χ0) is 17.8. The monoisotopic (exact) mass is 338 g/mol. The molecule has 0 bridgehead atoms. The Labute approximate surface area is 145 Å². The third kappa shape index (κ3) is 4.12. The van der Waals surface area contributed by atoms with Crippen molar-refractivity contribution in [3.8, 4) is 0 Å². The molecule has 0 amide bonds. The number of carboxylic acid groups (broad SMARTS) is 1. The molecular weight excluding hydrogens is 319 g/mol. The van der Waals surface area contributed by atoms with E-state index in [2.05, 4.69) is 11.2 Å². The summed E-state index contributed by atoms with van der Waals surface area (Å²) in [5.74, 6) is -1.25. The topological polar surface area (TPSA) is 55.1 Å². The van der Waals surface area contributed by atoms with Gasteiger partial charge in [-0.15, -0.1) is 0 Å². The van der Waals surface area contributed by atoms with Gasteiger partial charge in [-0.05, 0) is 54.7 Å². The zero-order valence-electron chi connectivity index (χ0n) is 13.9. The van der Waals surface area contributed by atoms with Crippen molar-refractivity contribution in [1.82, 2.24) is 9.78 Å². The van der Waals surface area contributed by atoms with Gasteiger partial charge in [-0.1, -0.05) is 36.4 Å². The van der Waals surface area contributed by atoms with E-state index in [4.69, 9.17) is 5.11 Å². The lowest BCUT2D eigenvalue weighted by Crippen LogP contribution is -2.08. The summed E-state index contributed by atoms with van der Waals surface area (Å²) < 4.78 is 14.7. The molecule has 0 spiro atoms. The number of aromatic carboxylic acids is 1. The van der Waals surface area contributed by atoms with Crippen LogP contribution in [-0.4, -0.2) is 20.9 Å². The molecule has 3 rings (SSSR count). The van der Waals surface area contributed by atoms with Crippen LogP contribution in [0.3, 0.4) is 0 Å². The Morgan fingerprint density at radius 2 is 1.76 bits per heavy atom. The van der Waals surface area contributed by atoms with Gasteiger partial charge in [0.2, 0.25) is 0 Å². The number of hydrogen-bond donors (Lipinski definition) is 1. The molecule has 0 aliphatic carbocycles. The first-order valence-corrected chi connectivity index (χ1v) is 8.12. The van der Waals surface area contributed by atoms with E-state index in [-0.39, 0.29) is 11.5 Å². The number of carbonyl (C=O) groups is 1. The molecule has 0 unspecified atom stereocenters. The molecule has 2 aromatic carbocycles. The molecule has 4 nitrogen and oxygen atoms in total. The molecule has 5 heteroatoms. The lowest BCUT2D eigenvalue weighted by Gasteiger charge is -2.11. The van der Waals surface area contributed by atoms with Crippen molar-refractivity contribution < 1.29 is 14.3 Å². The quantitative estimate of drug-likeness (QED) is 0.742. The van der Waals surface area contributed by atoms with Gasteiger partial charge in [0.1, 0.15) is 5.82 Å². The Hall–Kier alpha value is -2.95. The van der Waals surface area contributed by atoms with Crippen LogP contribution >= 0.6 is 0 Å². The first kappa shape index (κ1) is 16.9. The number of hydrogen-bond acceptors (Lipinski definition) is 2. The molecule has 0 saturated carbocycles. The zero-order valence-corrected chi connectivity index (χ0v) is 13.9. The van der Waals surface area contributed by atoms with Crippen molar-refractivity contribution in [3.63, 3.8) is 0 Å². The Balaban J connectivity index is 1.76. The maximum Gasteiger partial charge on any atom is 0.356 e. The second-order valence-corrected chi connectivity index (χ2v) is 6.03. The summed E-state index contributed by atoms with van der Waals surface area (Å²) in [5.41, 5.74) is 4.23. The third-order valence-electron chi connectivity index (χ3n) is 4.24. The van der Waals surface area contributed by atoms with Gasteiger partial charge in [-0.3, -0.25) is 4.68 Å². The van der Waals surface area contributed by atoms with Gasteiger partial charge in [0, 0.05) is 5.69 Å². The summed E-state index contributed by atoms with van der Waals surface area (Å²) in [6.07, 6.45) is 1.64. The Morgan fingerprint density at radius 3 is 2.40 bits per heavy atom. The van der Waals surface area contributed by atoms with Crippen LogP contribution in [0, 0.1) is 12.7 Å². The maximum absolute atomic E-state index is 13.0. The third-order valence-corrected chi connectivity index (χ3v) is 4.24. The number of carboxylic acids is 1. The average Bonchev–Trinajstić information content (AvgIpc) is 2.97. The molecule has 0 radical (unpaired) electrons. The average molecular weight is 338 g/mol. The van der Waals surface area contributed by atoms with Crippen molar-refractivity contribution in [2.45, 2.75) is 26.3 Å². The molecule has 0 saturated heterocycles. The molecule has 3 aromatic rings. The molecule has 0 aliphatic rings. The summed E-state index contributed by atoms with van der Waals surface area (Å²) in [4.78, 5) is 11.1. The minimum absolute atomic E-state index is 0.0568. The number of benzene rings is 2. The van der Waals surface area contributed by atoms with Crippen molar-refractivity contribution in [3.05, 3.63) is 88.5 Å². The fourth-order valence-corrected chi connectivity index (χ4v) is 2.82. The summed E-state index contributed by atoms with van der Waals surface area (Å²) in [7, 11) is 0. The lowest BCUT2D eigenvalue weighted by molar-refractivity contribution is 0.0689. The molecule has 1 aromatic heterocycles. The molecule has 128 valence electrons. The highest BCUT2D eigenvalue weighted by Crippen LogP contribution is 2.16. The molecule has 1 heterocycles. The Kier molecular flexibility index (Phi) is 4.93. The first-order chi connectivity index (χ1) is 12.0. The lowest BCUT2D eigenvalue weighted by atomic mass is 10.00. The molecule has 25 heavy (non-hydrogen) atoms. The summed E-state index contributed by atoms with van der Waals surface area (Å²) in [5, 5.41) is 13.2. The number of halogens is 1. The van der Waals surface area contributed by atoms with Crippen molar-refractivity contribution in [1.29, 1.82) is 0 Å². The molecular formula is C20H19FN2O2. The smallest absolute Gasteiger partial charge is 0.356 e. The summed E-state index contributed by atoms with van der Waals surface area (Å²) >= 11 is 0. The Bertz CT molecular complexity index is 885. The van der Waals surface area contributed by atoms with Crippen LogP contribution in [0.2, 0.25) is 0 Å². The highest BCUT2D eigenvalue weighted by Gasteiger charge is 2.12. The van der Waals surface area contributed by atoms with Crippen LogP contribution in [0.4, 0.5) is 4.39 Å². The highest BCUT2D eigenvalue weighted by molar-refractivity contribution is 5.85. The fourth-order valence-electron chi connectivity index (χ4n) is 2.82. The second kappa shape index (κ2) is 7.30. The standard InChI is InChI=1S/C20H19FN2O2/c1-14-12-19(20(24)25)22-23(14)13-17-5-3-2-4-16(17)9-6-15-7-10-18(21)11-8-15/h2-5,7-8,10-12H,6,9,13H2,1H3,(H,24,25). The van der Waals surface area contributed by atoms with Crippen molar-refractivity contribution in [2.24, 2.45) is 0 Å². The van der Waals surface area contributed by atoms with E-state index >= 15 is 0 Å². The maximum atomic E-state index is 13.0. The van der Waals surface area contributed by atoms with Gasteiger partial charge in [-0.25, -0.2) is 9.18 Å². The van der Waals surface area contributed by atoms with E-state index in [0.717, 1.165) is 29.7 Å². The largest absolute Gasteiger partial charge is 0.476 e. The van der Waals surface area contributed by atoms with Crippen molar-refractivity contribution >= 4 is 5.97 Å². The minimum Gasteiger partial charge on any atom is -0.476 e. The molecule has 0 aliphatic heterocycles. The Morgan fingerprint density at radius 1 is 1.08 bits per heavy atom. The number of rotatable bonds is 6. The highest BCUT2D eigenvalue weighted by atomic mass is 19.1. The van der Waals surface area contributed by atoms with E-state index in [1.807, 2.05) is 25.1 Å². The van der Waals surface area contributed by atoms with Gasteiger partial charge in [0.15, 0.2) is 5.69 Å². The van der Waals surface area contributed by atoms with Crippen LogP contribution in [0.5, 0.6) is 0 Å². The fraction of sp³-hybridized carbons (Fsp3) is 0.200. The van der Waals surface area contributed by atoms with E-state index in [9.17, 15) is 9.18 Å². The van der Waals surface area contributed by atoms with Crippen LogP contribution < -0.4 is 0 Å². The first-order valence-electron chi connectivity index (χ1n) is 8.12. The molecule has 1 N–H and O–H groups in total. The second-order valence-electron chi connectivity index (χ2n) is 6.03. The van der Waals surface area contributed by atoms with Gasteiger partial charge in [0.05, 0.1) is 6.54 Å². The van der Waals surface area contributed by atoms with Crippen molar-refractivity contribution in [2.75, 3.05) is 0 Å². The predicted molar refractivity (Wildman–Crippen MR) is 93.3 cm³/mol. The van der Waals surface area contributed by atoms with E-state index in [1.165, 1.54) is 17.7 Å². The van der Waals surface area contributed by atoms with Crippen LogP contribution in [-0.2, 0) is 19.4 Å². The number of aryl methyl sites for hydroxylation is 3. The summed E-state index contributed by atoms with van der Waals surface area (Å²) in [6.45, 7) is 2.37. The van der Waals surface area contributed by atoms with Gasteiger partial charge >= 0.3 is 5.97 Å². The van der Waals surface area contributed by atoms with Gasteiger partial charge in [-0.2, -0.15) is 5.10 Å². The van der Waals surface area contributed by atoms with E-state index in [0.29, 0.717) is 6.54 Å². The van der Waals surface area contributed by atoms with Crippen LogP contribution in [0.25, 0.3) is 0 Å².